The van der Waals surface area contributed by atoms with Crippen LogP contribution >= 0.6 is 0 Å². The summed E-state index contributed by atoms with van der Waals surface area (Å²) >= 11 is 0. The molecule has 1 N–H and O–H groups in total. The molecule has 230 valence electrons. The average Bonchev–Trinajstić information content (AvgIpc) is 2.75. The highest BCUT2D eigenvalue weighted by Crippen LogP contribution is 2.63. The molecule has 1 aliphatic heterocycles. The van der Waals surface area contributed by atoms with Crippen molar-refractivity contribution in [1.82, 2.24) is 0 Å². The van der Waals surface area contributed by atoms with E-state index in [4.69, 9.17) is 14.2 Å². The molecule has 4 aliphatic carbocycles. The zero-order valence-corrected chi connectivity index (χ0v) is 22.2. The summed E-state index contributed by atoms with van der Waals surface area (Å²) in [6, 6.07) is 0. The lowest BCUT2D eigenvalue weighted by molar-refractivity contribution is -0.217. The summed E-state index contributed by atoms with van der Waals surface area (Å²) in [4.78, 5) is 38.9. The van der Waals surface area contributed by atoms with Gasteiger partial charge in [0.2, 0.25) is 0 Å². The Morgan fingerprint density at radius 3 is 2.05 bits per heavy atom. The topological polar surface area (TPSA) is 99.1 Å². The van der Waals surface area contributed by atoms with Gasteiger partial charge in [-0.25, -0.2) is 0 Å². The molecule has 39 heavy (non-hydrogen) atoms. The third kappa shape index (κ3) is 7.56. The summed E-state index contributed by atoms with van der Waals surface area (Å²) < 4.78 is 17.8. The van der Waals surface area contributed by atoms with Gasteiger partial charge < -0.3 is 19.3 Å². The van der Waals surface area contributed by atoms with Crippen molar-refractivity contribution in [2.45, 2.75) is 153 Å². The van der Waals surface area contributed by atoms with Crippen LogP contribution in [0.3, 0.4) is 0 Å². The van der Waals surface area contributed by atoms with Crippen molar-refractivity contribution in [3.05, 3.63) is 0 Å². The van der Waals surface area contributed by atoms with E-state index in [9.17, 15) is 19.5 Å². The maximum Gasteiger partial charge on any atom is 0.312 e. The van der Waals surface area contributed by atoms with Crippen molar-refractivity contribution in [3.8, 4) is 0 Å². The fourth-order valence-electron chi connectivity index (χ4n) is 7.84. The number of carbonyl (C=O) groups excluding carboxylic acids is 2. The summed E-state index contributed by atoms with van der Waals surface area (Å²) in [6.45, 7) is 9.75. The van der Waals surface area contributed by atoms with Crippen LogP contribution in [0.15, 0.2) is 0 Å². The minimum atomic E-state index is -0.903. The fraction of sp³-hybridized carbons (Fsp3) is 0.906. The van der Waals surface area contributed by atoms with E-state index >= 15 is 0 Å². The van der Waals surface area contributed by atoms with Crippen LogP contribution in [0.25, 0.3) is 0 Å². The molecule has 0 spiro atoms. The smallest absolute Gasteiger partial charge is 0.312 e. The lowest BCUT2D eigenvalue weighted by Gasteiger charge is -2.59. The van der Waals surface area contributed by atoms with Gasteiger partial charge in [-0.15, -0.1) is 0 Å². The molecular weight excluding hydrogens is 496 g/mol. The van der Waals surface area contributed by atoms with E-state index in [1.54, 1.807) is 0 Å². The molecule has 5 atom stereocenters. The van der Waals surface area contributed by atoms with E-state index in [0.717, 1.165) is 38.5 Å². The van der Waals surface area contributed by atoms with Crippen LogP contribution in [-0.4, -0.2) is 47.4 Å². The molecule has 7 heteroatoms. The Hall–Kier alpha value is -1.63. The zero-order valence-electron chi connectivity index (χ0n) is 22.2. The highest BCUT2D eigenvalue weighted by atomic mass is 16.6. The summed E-state index contributed by atoms with van der Waals surface area (Å²) in [5.74, 6) is -0.768. The van der Waals surface area contributed by atoms with E-state index in [2.05, 4.69) is 0 Å². The van der Waals surface area contributed by atoms with Gasteiger partial charge in [0, 0.05) is 6.42 Å². The zero-order chi connectivity index (χ0) is 25.6. The van der Waals surface area contributed by atoms with Crippen molar-refractivity contribution in [2.24, 2.45) is 28.1 Å². The van der Waals surface area contributed by atoms with Gasteiger partial charge in [0.15, 0.2) is 0 Å². The van der Waals surface area contributed by atoms with Crippen molar-refractivity contribution in [3.63, 3.8) is 0 Å². The highest BCUT2D eigenvalue weighted by Gasteiger charge is 2.63. The first-order chi connectivity index (χ1) is 16.3. The number of esters is 2. The van der Waals surface area contributed by atoms with Crippen molar-refractivity contribution >= 4 is 17.9 Å². The molecule has 0 radical (unpaired) electrons. The molecule has 5 aliphatic rings. The van der Waals surface area contributed by atoms with Gasteiger partial charge in [0.1, 0.15) is 12.2 Å². The molecule has 0 aromatic carbocycles. The Balaban J connectivity index is 0.00000361. The summed E-state index contributed by atoms with van der Waals surface area (Å²) in [5, 5.41) is 9.99. The molecule has 5 fully saturated rings. The van der Waals surface area contributed by atoms with Crippen LogP contribution in [-0.2, 0) is 28.6 Å². The van der Waals surface area contributed by atoms with Crippen LogP contribution in [0.2, 0.25) is 0 Å². The van der Waals surface area contributed by atoms with Crippen LogP contribution in [0.5, 0.6) is 0 Å². The lowest BCUT2D eigenvalue weighted by atomic mass is 9.48. The molecule has 1 saturated heterocycles. The Bertz CT molecular complexity index is 835. The molecular formula is C32H60O7. The summed E-state index contributed by atoms with van der Waals surface area (Å²) in [5.41, 5.74) is -3.17. The Morgan fingerprint density at radius 2 is 1.54 bits per heavy atom. The van der Waals surface area contributed by atoms with E-state index in [-0.39, 0.29) is 60.5 Å². The molecule has 0 aromatic rings. The van der Waals surface area contributed by atoms with Crippen LogP contribution < -0.4 is 0 Å². The van der Waals surface area contributed by atoms with Crippen LogP contribution in [0.1, 0.15) is 135 Å². The Morgan fingerprint density at radius 1 is 0.949 bits per heavy atom. The predicted molar refractivity (Wildman–Crippen MR) is 156 cm³/mol. The molecule has 0 amide bonds. The highest BCUT2D eigenvalue weighted by molar-refractivity contribution is 5.81. The second-order valence-corrected chi connectivity index (χ2v) is 13.2. The average molecular weight is 557 g/mol. The van der Waals surface area contributed by atoms with Crippen molar-refractivity contribution in [1.29, 1.82) is 0 Å². The maximum atomic E-state index is 13.5. The molecule has 1 heterocycles. The SMILES string of the molecule is C.C.C.C.CCC(C)(CC(C)(C)C(=O)OC12CC3CC(C1)CC(C(=O)O)(C3)C2)C(=O)OCC1CCCC(C)O1. The first-order valence-electron chi connectivity index (χ1n) is 13.6. The molecule has 4 bridgehead atoms. The Labute approximate surface area is 239 Å². The number of aliphatic carboxylic acids is 1. The number of carboxylic acid groups (broad SMARTS) is 1. The van der Waals surface area contributed by atoms with Gasteiger partial charge >= 0.3 is 17.9 Å². The van der Waals surface area contributed by atoms with Crippen molar-refractivity contribution < 1.29 is 33.7 Å². The summed E-state index contributed by atoms with van der Waals surface area (Å²) in [7, 11) is 0. The largest absolute Gasteiger partial charge is 0.481 e. The molecule has 0 aromatic heterocycles. The number of hydrogen-bond acceptors (Lipinski definition) is 6. The molecule has 5 rings (SSSR count). The molecule has 4 saturated carbocycles. The second-order valence-electron chi connectivity index (χ2n) is 13.2. The number of ether oxygens (including phenoxy) is 3. The number of hydrogen-bond donors (Lipinski definition) is 1. The number of carbonyl (C=O) groups is 3. The van der Waals surface area contributed by atoms with E-state index in [1.165, 1.54) is 0 Å². The summed E-state index contributed by atoms with van der Waals surface area (Å²) in [6.07, 6.45) is 8.33. The number of carboxylic acids is 1. The molecule has 7 nitrogen and oxygen atoms in total. The molecule has 5 unspecified atom stereocenters. The third-order valence-corrected chi connectivity index (χ3v) is 9.39. The number of rotatable bonds is 9. The standard InChI is InChI=1S/C28H44O7.4CH4/c1-6-26(5,24(32)33-15-21-9-7-8-18(2)34-21)16-25(3,4)23(31)35-28-13-19-10-20(14-28)12-27(11-19,17-28)22(29)30;;;;/h18-21H,6-17H2,1-5H3,(H,29,30);4*1H4. The first kappa shape index (κ1) is 37.4. The minimum Gasteiger partial charge on any atom is -0.481 e. The van der Waals surface area contributed by atoms with E-state index < -0.39 is 27.8 Å². The van der Waals surface area contributed by atoms with Gasteiger partial charge in [-0.1, -0.05) is 36.6 Å². The first-order valence-corrected chi connectivity index (χ1v) is 13.6. The minimum absolute atomic E-state index is 0. The quantitative estimate of drug-likeness (QED) is 0.289. The second kappa shape index (κ2) is 13.4. The van der Waals surface area contributed by atoms with Crippen molar-refractivity contribution in [2.75, 3.05) is 6.61 Å². The van der Waals surface area contributed by atoms with Gasteiger partial charge in [0.05, 0.1) is 28.5 Å². The Kier molecular flexibility index (Phi) is 12.8. The van der Waals surface area contributed by atoms with E-state index in [0.29, 0.717) is 43.9 Å². The van der Waals surface area contributed by atoms with Gasteiger partial charge in [-0.05, 0) is 104 Å². The van der Waals surface area contributed by atoms with Gasteiger partial charge in [0.25, 0.3) is 0 Å². The predicted octanol–water partition coefficient (Wildman–Crippen LogP) is 7.83. The van der Waals surface area contributed by atoms with Crippen LogP contribution in [0.4, 0.5) is 0 Å². The lowest BCUT2D eigenvalue weighted by Crippen LogP contribution is -2.60. The van der Waals surface area contributed by atoms with Crippen LogP contribution in [0, 0.1) is 28.1 Å². The fourth-order valence-corrected chi connectivity index (χ4v) is 7.84. The normalized spacial score (nSPS) is 34.1. The monoisotopic (exact) mass is 556 g/mol. The van der Waals surface area contributed by atoms with E-state index in [1.807, 2.05) is 34.6 Å². The third-order valence-electron chi connectivity index (χ3n) is 9.39. The maximum absolute atomic E-state index is 13.5. The van der Waals surface area contributed by atoms with Gasteiger partial charge in [-0.3, -0.25) is 14.4 Å². The van der Waals surface area contributed by atoms with Gasteiger partial charge in [-0.2, -0.15) is 0 Å².